The molecule has 0 fully saturated rings. The number of aliphatic hydroxyl groups excluding tert-OH is 1. The van der Waals surface area contributed by atoms with Crippen molar-refractivity contribution in [3.05, 3.63) is 28.2 Å². The van der Waals surface area contributed by atoms with E-state index in [2.05, 4.69) is 26.6 Å². The minimum absolute atomic E-state index is 0.0467. The summed E-state index contributed by atoms with van der Waals surface area (Å²) in [5, 5.41) is 14.1. The van der Waals surface area contributed by atoms with E-state index in [-0.39, 0.29) is 18.6 Å². The van der Waals surface area contributed by atoms with E-state index in [0.717, 1.165) is 10.0 Å². The fraction of sp³-hybridized carbons (Fsp3) is 0.429. The van der Waals surface area contributed by atoms with Crippen molar-refractivity contribution in [1.82, 2.24) is 5.32 Å². The molecule has 0 aliphatic heterocycles. The van der Waals surface area contributed by atoms with E-state index in [9.17, 15) is 9.59 Å². The van der Waals surface area contributed by atoms with Crippen LogP contribution in [0, 0.1) is 12.8 Å². The van der Waals surface area contributed by atoms with Crippen LogP contribution in [0.25, 0.3) is 0 Å². The van der Waals surface area contributed by atoms with Crippen LogP contribution < -0.4 is 10.6 Å². The van der Waals surface area contributed by atoms with Crippen LogP contribution in [0.1, 0.15) is 19.4 Å². The Labute approximate surface area is 126 Å². The van der Waals surface area contributed by atoms with Gasteiger partial charge >= 0.3 is 11.8 Å². The fourth-order valence-electron chi connectivity index (χ4n) is 1.48. The number of benzene rings is 1. The monoisotopic (exact) mass is 342 g/mol. The molecular weight excluding hydrogens is 324 g/mol. The van der Waals surface area contributed by atoms with E-state index in [1.807, 2.05) is 6.92 Å². The summed E-state index contributed by atoms with van der Waals surface area (Å²) in [6.07, 6.45) is 0. The van der Waals surface area contributed by atoms with E-state index in [0.29, 0.717) is 5.69 Å². The van der Waals surface area contributed by atoms with Gasteiger partial charge in [-0.05, 0) is 43.5 Å². The van der Waals surface area contributed by atoms with Gasteiger partial charge in [-0.25, -0.2) is 0 Å². The Morgan fingerprint density at radius 3 is 2.50 bits per heavy atom. The van der Waals surface area contributed by atoms with Gasteiger partial charge in [-0.3, -0.25) is 9.59 Å². The van der Waals surface area contributed by atoms with Gasteiger partial charge in [-0.15, -0.1) is 0 Å². The molecule has 3 N–H and O–H groups in total. The van der Waals surface area contributed by atoms with Crippen LogP contribution in [-0.2, 0) is 9.59 Å². The SMILES string of the molecule is Cc1cc(NC(=O)C(=O)NC(C)C(C)CO)ccc1Br. The molecule has 6 heteroatoms. The summed E-state index contributed by atoms with van der Waals surface area (Å²) in [7, 11) is 0. The van der Waals surface area contributed by atoms with E-state index in [4.69, 9.17) is 5.11 Å². The minimum Gasteiger partial charge on any atom is -0.396 e. The van der Waals surface area contributed by atoms with Gasteiger partial charge in [0.25, 0.3) is 0 Å². The van der Waals surface area contributed by atoms with Crippen LogP contribution in [0.15, 0.2) is 22.7 Å². The second-order valence-corrected chi connectivity index (χ2v) is 5.69. The zero-order valence-corrected chi connectivity index (χ0v) is 13.3. The summed E-state index contributed by atoms with van der Waals surface area (Å²) in [6.45, 7) is 5.39. The molecule has 0 saturated carbocycles. The molecule has 1 aromatic carbocycles. The molecule has 110 valence electrons. The summed E-state index contributed by atoms with van der Waals surface area (Å²) in [4.78, 5) is 23.5. The third-order valence-corrected chi connectivity index (χ3v) is 4.01. The molecule has 2 unspecified atom stereocenters. The highest BCUT2D eigenvalue weighted by Gasteiger charge is 2.19. The highest BCUT2D eigenvalue weighted by molar-refractivity contribution is 9.10. The Bertz CT molecular complexity index is 505. The van der Waals surface area contributed by atoms with Gasteiger partial charge in [0.05, 0.1) is 0 Å². The molecule has 0 heterocycles. The third-order valence-electron chi connectivity index (χ3n) is 3.12. The molecule has 0 aliphatic rings. The Balaban J connectivity index is 2.62. The zero-order valence-electron chi connectivity index (χ0n) is 11.7. The average molecular weight is 343 g/mol. The summed E-state index contributed by atoms with van der Waals surface area (Å²) in [5.74, 6) is -1.54. The quantitative estimate of drug-likeness (QED) is 0.730. The second kappa shape index (κ2) is 7.40. The van der Waals surface area contributed by atoms with Crippen molar-refractivity contribution >= 4 is 33.4 Å². The van der Waals surface area contributed by atoms with Crippen molar-refractivity contribution in [2.45, 2.75) is 26.8 Å². The summed E-state index contributed by atoms with van der Waals surface area (Å²) in [6, 6.07) is 5.01. The first-order chi connectivity index (χ1) is 9.35. The Morgan fingerprint density at radius 1 is 1.30 bits per heavy atom. The first kappa shape index (κ1) is 16.7. The first-order valence-electron chi connectivity index (χ1n) is 6.34. The Kier molecular flexibility index (Phi) is 6.16. The molecule has 0 spiro atoms. The van der Waals surface area contributed by atoms with Gasteiger partial charge in [0.1, 0.15) is 0 Å². The number of nitrogens with one attached hydrogen (secondary N) is 2. The van der Waals surface area contributed by atoms with E-state index in [1.165, 1.54) is 0 Å². The maximum atomic E-state index is 11.8. The molecule has 20 heavy (non-hydrogen) atoms. The number of rotatable bonds is 4. The van der Waals surface area contributed by atoms with Gasteiger partial charge in [0, 0.05) is 22.8 Å². The normalized spacial score (nSPS) is 13.4. The molecular formula is C14H19BrN2O3. The van der Waals surface area contributed by atoms with Gasteiger partial charge in [-0.1, -0.05) is 22.9 Å². The molecule has 0 radical (unpaired) electrons. The van der Waals surface area contributed by atoms with Gasteiger partial charge in [-0.2, -0.15) is 0 Å². The van der Waals surface area contributed by atoms with Crippen LogP contribution in [-0.4, -0.2) is 29.6 Å². The molecule has 0 saturated heterocycles. The van der Waals surface area contributed by atoms with Crippen molar-refractivity contribution in [2.24, 2.45) is 5.92 Å². The average Bonchev–Trinajstić information content (AvgIpc) is 2.41. The number of hydrogen-bond donors (Lipinski definition) is 3. The molecule has 0 aromatic heterocycles. The molecule has 2 atom stereocenters. The predicted molar refractivity (Wildman–Crippen MR) is 81.4 cm³/mol. The number of aliphatic hydroxyl groups is 1. The van der Waals surface area contributed by atoms with Crippen LogP contribution in [0.2, 0.25) is 0 Å². The standard InChI is InChI=1S/C14H19BrN2O3/c1-8-6-11(4-5-12(8)15)17-14(20)13(19)16-10(3)9(2)7-18/h4-6,9-10,18H,7H2,1-3H3,(H,16,19)(H,17,20). The highest BCUT2D eigenvalue weighted by Crippen LogP contribution is 2.19. The van der Waals surface area contributed by atoms with E-state index < -0.39 is 11.8 Å². The van der Waals surface area contributed by atoms with Crippen molar-refractivity contribution in [3.63, 3.8) is 0 Å². The number of hydrogen-bond acceptors (Lipinski definition) is 3. The molecule has 1 rings (SSSR count). The summed E-state index contributed by atoms with van der Waals surface area (Å²) in [5.41, 5.74) is 1.53. The summed E-state index contributed by atoms with van der Waals surface area (Å²) < 4.78 is 0.936. The lowest BCUT2D eigenvalue weighted by atomic mass is 10.1. The van der Waals surface area contributed by atoms with Crippen LogP contribution in [0.5, 0.6) is 0 Å². The number of amides is 2. The lowest BCUT2D eigenvalue weighted by Gasteiger charge is -2.18. The number of carbonyl (C=O) groups is 2. The van der Waals surface area contributed by atoms with Crippen LogP contribution in [0.3, 0.4) is 0 Å². The van der Waals surface area contributed by atoms with E-state index >= 15 is 0 Å². The predicted octanol–water partition coefficient (Wildman–Crippen LogP) is 1.83. The maximum Gasteiger partial charge on any atom is 0.313 e. The fourth-order valence-corrected chi connectivity index (χ4v) is 1.73. The molecule has 2 amide bonds. The van der Waals surface area contributed by atoms with Gasteiger partial charge in [0.2, 0.25) is 0 Å². The number of halogens is 1. The van der Waals surface area contributed by atoms with Crippen LogP contribution >= 0.6 is 15.9 Å². The number of carbonyl (C=O) groups excluding carboxylic acids is 2. The van der Waals surface area contributed by atoms with E-state index in [1.54, 1.807) is 32.0 Å². The number of aryl methyl sites for hydroxylation is 1. The van der Waals surface area contributed by atoms with Crippen LogP contribution in [0.4, 0.5) is 5.69 Å². The van der Waals surface area contributed by atoms with Gasteiger partial charge in [0.15, 0.2) is 0 Å². The lowest BCUT2D eigenvalue weighted by Crippen LogP contribution is -2.43. The molecule has 0 bridgehead atoms. The largest absolute Gasteiger partial charge is 0.396 e. The summed E-state index contributed by atoms with van der Waals surface area (Å²) >= 11 is 3.37. The Morgan fingerprint density at radius 2 is 1.95 bits per heavy atom. The first-order valence-corrected chi connectivity index (χ1v) is 7.13. The van der Waals surface area contributed by atoms with Gasteiger partial charge < -0.3 is 15.7 Å². The lowest BCUT2D eigenvalue weighted by molar-refractivity contribution is -0.136. The van der Waals surface area contributed by atoms with Crippen molar-refractivity contribution in [3.8, 4) is 0 Å². The second-order valence-electron chi connectivity index (χ2n) is 4.84. The maximum absolute atomic E-state index is 11.8. The Hall–Kier alpha value is -1.40. The minimum atomic E-state index is -0.719. The molecule has 0 aliphatic carbocycles. The van der Waals surface area contributed by atoms with Crippen molar-refractivity contribution in [1.29, 1.82) is 0 Å². The van der Waals surface area contributed by atoms with Crippen molar-refractivity contribution in [2.75, 3.05) is 11.9 Å². The smallest absolute Gasteiger partial charge is 0.313 e. The molecule has 1 aromatic rings. The van der Waals surface area contributed by atoms with Crippen molar-refractivity contribution < 1.29 is 14.7 Å². The zero-order chi connectivity index (χ0) is 15.3. The topological polar surface area (TPSA) is 78.4 Å². The molecule has 5 nitrogen and oxygen atoms in total. The number of anilines is 1. The third kappa shape index (κ3) is 4.61. The highest BCUT2D eigenvalue weighted by atomic mass is 79.9.